The highest BCUT2D eigenvalue weighted by molar-refractivity contribution is 5.69. The fourth-order valence-corrected chi connectivity index (χ4v) is 3.06. The van der Waals surface area contributed by atoms with Gasteiger partial charge in [-0.05, 0) is 33.6 Å². The molecule has 0 aromatic rings. The zero-order chi connectivity index (χ0) is 19.7. The van der Waals surface area contributed by atoms with Crippen LogP contribution < -0.4 is 12.3 Å². The van der Waals surface area contributed by atoms with Gasteiger partial charge in [0.1, 0.15) is 5.60 Å². The minimum Gasteiger partial charge on any atom is -0.481 e. The summed E-state index contributed by atoms with van der Waals surface area (Å²) >= 11 is 0. The Bertz CT molecular complexity index is 368. The summed E-state index contributed by atoms with van der Waals surface area (Å²) in [7, 11) is 0. The lowest BCUT2D eigenvalue weighted by Crippen LogP contribution is -2.23. The number of rotatable bonds is 17. The van der Waals surface area contributed by atoms with Crippen LogP contribution in [-0.4, -0.2) is 22.6 Å². The minimum atomic E-state index is -0.673. The fourth-order valence-electron chi connectivity index (χ4n) is 3.06. The van der Waals surface area contributed by atoms with Gasteiger partial charge in [-0.25, -0.2) is 0 Å². The van der Waals surface area contributed by atoms with E-state index >= 15 is 0 Å². The molecule has 6 heteroatoms. The topological polar surface area (TPSA) is 125 Å². The first-order valence-electron chi connectivity index (χ1n) is 10.7. The maximum Gasteiger partial charge on any atom is 0.306 e. The maximum absolute atomic E-state index is 11.6. The van der Waals surface area contributed by atoms with E-state index in [9.17, 15) is 9.59 Å². The average molecular weight is 399 g/mol. The van der Waals surface area contributed by atoms with Crippen LogP contribution in [0.15, 0.2) is 0 Å². The van der Waals surface area contributed by atoms with Gasteiger partial charge in [0.25, 0.3) is 0 Å². The quantitative estimate of drug-likeness (QED) is 0.249. The molecule has 0 rings (SSSR count). The highest BCUT2D eigenvalue weighted by Gasteiger charge is 2.15. The number of unbranched alkanes of at least 4 members (excludes halogenated alkanes) is 13. The molecule has 0 aliphatic rings. The molecule has 0 heterocycles. The number of hydrogen-bond acceptors (Lipinski definition) is 3. The van der Waals surface area contributed by atoms with Gasteiger partial charge in [-0.15, -0.1) is 0 Å². The molecule has 0 aliphatic heterocycles. The molecule has 0 spiro atoms. The zero-order valence-corrected chi connectivity index (χ0v) is 18.4. The summed E-state index contributed by atoms with van der Waals surface area (Å²) in [5.74, 6) is -0.743. The Labute approximate surface area is 173 Å². The highest BCUT2D eigenvalue weighted by atomic mass is 16.6. The van der Waals surface area contributed by atoms with Crippen molar-refractivity contribution in [2.45, 2.75) is 129 Å². The molecule has 6 radical (unpaired) electrons. The normalized spacial score (nSPS) is 10.7. The molecule has 6 nitrogen and oxygen atoms in total. The molecule has 0 atom stereocenters. The Morgan fingerprint density at radius 1 is 0.607 bits per heavy atom. The van der Waals surface area contributed by atoms with Crippen LogP contribution in [0.2, 0.25) is 0 Å². The van der Waals surface area contributed by atoms with Crippen LogP contribution in [-0.2, 0) is 14.3 Å². The fraction of sp³-hybridized carbons (Fsp3) is 0.909. The molecule has 0 saturated heterocycles. The van der Waals surface area contributed by atoms with Crippen molar-refractivity contribution < 1.29 is 19.4 Å². The van der Waals surface area contributed by atoms with Crippen molar-refractivity contribution >= 4 is 11.9 Å². The van der Waals surface area contributed by atoms with Crippen LogP contribution in [0, 0.1) is 0 Å². The number of esters is 1. The zero-order valence-electron chi connectivity index (χ0n) is 18.4. The lowest BCUT2D eigenvalue weighted by atomic mass is 10.0. The predicted molar refractivity (Wildman–Crippen MR) is 112 cm³/mol. The van der Waals surface area contributed by atoms with Crippen molar-refractivity contribution in [2.24, 2.45) is 0 Å². The molecule has 0 unspecified atom stereocenters. The highest BCUT2D eigenvalue weighted by Crippen LogP contribution is 2.14. The van der Waals surface area contributed by atoms with E-state index in [1.54, 1.807) is 0 Å². The van der Waals surface area contributed by atoms with E-state index in [1.807, 2.05) is 20.8 Å². The third kappa shape index (κ3) is 27.1. The molecule has 0 saturated carbocycles. The average Bonchev–Trinajstić information content (AvgIpc) is 2.52. The Morgan fingerprint density at radius 3 is 1.18 bits per heavy atom. The lowest BCUT2D eigenvalue weighted by Gasteiger charge is -2.19. The van der Waals surface area contributed by atoms with Crippen molar-refractivity contribution in [3.63, 3.8) is 0 Å². The van der Waals surface area contributed by atoms with Crippen molar-refractivity contribution in [2.75, 3.05) is 0 Å². The second-order valence-electron chi connectivity index (χ2n) is 8.43. The van der Waals surface area contributed by atoms with Gasteiger partial charge in [-0.1, -0.05) is 77.0 Å². The molecule has 0 aliphatic carbocycles. The van der Waals surface area contributed by atoms with E-state index in [1.165, 1.54) is 64.2 Å². The first kappa shape index (κ1) is 31.6. The molecular formula is C22H42N2O4. The monoisotopic (exact) mass is 398 g/mol. The van der Waals surface area contributed by atoms with Gasteiger partial charge < -0.3 is 9.84 Å². The minimum absolute atomic E-state index is 0. The van der Waals surface area contributed by atoms with Crippen LogP contribution >= 0.6 is 0 Å². The SMILES string of the molecule is CC(C)(C)OC(=O)CCCCCCCCCCCCCCCCC(=O)O.[N].[N]. The van der Waals surface area contributed by atoms with Crippen LogP contribution in [0.1, 0.15) is 124 Å². The summed E-state index contributed by atoms with van der Waals surface area (Å²) in [6, 6.07) is 0. The second-order valence-corrected chi connectivity index (χ2v) is 8.43. The van der Waals surface area contributed by atoms with Gasteiger partial charge in [0.05, 0.1) is 0 Å². The van der Waals surface area contributed by atoms with Crippen LogP contribution in [0.3, 0.4) is 0 Å². The molecule has 0 aromatic heterocycles. The van der Waals surface area contributed by atoms with Gasteiger partial charge in [0.15, 0.2) is 0 Å². The summed E-state index contributed by atoms with van der Waals surface area (Å²) in [5, 5.41) is 8.56. The van der Waals surface area contributed by atoms with Gasteiger partial charge in [-0.2, -0.15) is 0 Å². The third-order valence-corrected chi connectivity index (χ3v) is 4.44. The number of carboxylic acids is 1. The summed E-state index contributed by atoms with van der Waals surface area (Å²) in [6.45, 7) is 5.73. The van der Waals surface area contributed by atoms with Crippen LogP contribution in [0.25, 0.3) is 0 Å². The molecule has 28 heavy (non-hydrogen) atoms. The second kappa shape index (κ2) is 20.6. The van der Waals surface area contributed by atoms with Crippen molar-refractivity contribution in [3.8, 4) is 0 Å². The number of hydrogen-bond donors (Lipinski definition) is 1. The van der Waals surface area contributed by atoms with E-state index in [4.69, 9.17) is 9.84 Å². The lowest BCUT2D eigenvalue weighted by molar-refractivity contribution is -0.155. The molecule has 0 fully saturated rings. The Morgan fingerprint density at radius 2 is 0.893 bits per heavy atom. The summed E-state index contributed by atoms with van der Waals surface area (Å²) in [6.07, 6.45) is 17.6. The van der Waals surface area contributed by atoms with E-state index in [-0.39, 0.29) is 23.9 Å². The third-order valence-electron chi connectivity index (χ3n) is 4.44. The van der Waals surface area contributed by atoms with Crippen molar-refractivity contribution in [3.05, 3.63) is 0 Å². The largest absolute Gasteiger partial charge is 0.481 e. The van der Waals surface area contributed by atoms with Gasteiger partial charge in [0.2, 0.25) is 0 Å². The number of carbonyl (C=O) groups is 2. The van der Waals surface area contributed by atoms with Gasteiger partial charge in [-0.3, -0.25) is 9.59 Å². The first-order chi connectivity index (χ1) is 12.3. The van der Waals surface area contributed by atoms with Crippen molar-refractivity contribution in [1.29, 1.82) is 0 Å². The molecular weight excluding hydrogens is 356 g/mol. The summed E-state index contributed by atoms with van der Waals surface area (Å²) in [4.78, 5) is 22.0. The molecule has 1 N–H and O–H groups in total. The Balaban J connectivity index is -0.00000312. The number of aliphatic carboxylic acids is 1. The first-order valence-corrected chi connectivity index (χ1v) is 10.7. The molecule has 0 aromatic carbocycles. The smallest absolute Gasteiger partial charge is 0.306 e. The van der Waals surface area contributed by atoms with E-state index < -0.39 is 5.97 Å². The number of carbonyl (C=O) groups excluding carboxylic acids is 1. The number of ether oxygens (including phenoxy) is 1. The summed E-state index contributed by atoms with van der Waals surface area (Å²) < 4.78 is 5.30. The van der Waals surface area contributed by atoms with Gasteiger partial charge in [0, 0.05) is 25.1 Å². The molecule has 164 valence electrons. The van der Waals surface area contributed by atoms with Gasteiger partial charge >= 0.3 is 11.9 Å². The van der Waals surface area contributed by atoms with Crippen LogP contribution in [0.5, 0.6) is 0 Å². The molecule has 0 bridgehead atoms. The standard InChI is InChI=1S/C22H42O4.2N/c1-22(2,3)26-21(25)19-17-15-13-11-9-7-5-4-6-8-10-12-14-16-18-20(23)24;;/h4-19H2,1-3H3,(H,23,24);;. The van der Waals surface area contributed by atoms with E-state index in [0.717, 1.165) is 25.7 Å². The Hall–Kier alpha value is -1.14. The number of carboxylic acid groups (broad SMARTS) is 1. The predicted octanol–water partition coefficient (Wildman–Crippen LogP) is 5.69. The number of nitrogens with zero attached hydrogens (tertiary/aromatic N) is 2. The van der Waals surface area contributed by atoms with E-state index in [0.29, 0.717) is 12.8 Å². The summed E-state index contributed by atoms with van der Waals surface area (Å²) in [5.41, 5.74) is -0.364. The van der Waals surface area contributed by atoms with Crippen molar-refractivity contribution in [1.82, 2.24) is 12.3 Å². The molecule has 0 amide bonds. The van der Waals surface area contributed by atoms with Crippen LogP contribution in [0.4, 0.5) is 0 Å². The van der Waals surface area contributed by atoms with E-state index in [2.05, 4.69) is 0 Å². The Kier molecular flexibility index (Phi) is 23.2. The maximum atomic E-state index is 11.6.